The highest BCUT2D eigenvalue weighted by molar-refractivity contribution is 7.99. The van der Waals surface area contributed by atoms with Crippen molar-refractivity contribution in [2.75, 3.05) is 12.4 Å². The molecule has 0 atom stereocenters. The predicted molar refractivity (Wildman–Crippen MR) is 101 cm³/mol. The van der Waals surface area contributed by atoms with Crippen LogP contribution >= 0.6 is 11.8 Å². The molecule has 0 aliphatic rings. The molecule has 0 aliphatic heterocycles. The SMILES string of the molecule is CCCn1c(SCCCOc2ccccc2)nnc1-c1ccncc1. The second-order valence-electron chi connectivity index (χ2n) is 5.56. The van der Waals surface area contributed by atoms with E-state index < -0.39 is 0 Å². The fourth-order valence-electron chi connectivity index (χ4n) is 2.46. The molecule has 130 valence electrons. The van der Waals surface area contributed by atoms with Gasteiger partial charge in [0.2, 0.25) is 0 Å². The van der Waals surface area contributed by atoms with Gasteiger partial charge in [0.25, 0.3) is 0 Å². The monoisotopic (exact) mass is 354 g/mol. The lowest BCUT2D eigenvalue weighted by atomic mass is 10.2. The minimum Gasteiger partial charge on any atom is -0.494 e. The van der Waals surface area contributed by atoms with E-state index in [0.717, 1.165) is 47.4 Å². The van der Waals surface area contributed by atoms with Gasteiger partial charge in [-0.2, -0.15) is 0 Å². The number of benzene rings is 1. The van der Waals surface area contributed by atoms with Gasteiger partial charge in [-0.3, -0.25) is 4.98 Å². The second-order valence-corrected chi connectivity index (χ2v) is 6.62. The van der Waals surface area contributed by atoms with E-state index in [1.165, 1.54) is 0 Å². The van der Waals surface area contributed by atoms with Crippen molar-refractivity contribution in [2.24, 2.45) is 0 Å². The molecule has 1 aromatic carbocycles. The number of hydrogen-bond donors (Lipinski definition) is 0. The molecule has 0 saturated heterocycles. The molecule has 2 aromatic heterocycles. The Morgan fingerprint density at radius 2 is 1.84 bits per heavy atom. The first-order chi connectivity index (χ1) is 12.4. The van der Waals surface area contributed by atoms with Gasteiger partial charge >= 0.3 is 0 Å². The van der Waals surface area contributed by atoms with Crippen molar-refractivity contribution in [3.63, 3.8) is 0 Å². The van der Waals surface area contributed by atoms with Gasteiger partial charge in [0.05, 0.1) is 6.61 Å². The minimum absolute atomic E-state index is 0.705. The lowest BCUT2D eigenvalue weighted by Crippen LogP contribution is -2.03. The zero-order valence-corrected chi connectivity index (χ0v) is 15.2. The summed E-state index contributed by atoms with van der Waals surface area (Å²) in [5, 5.41) is 9.73. The summed E-state index contributed by atoms with van der Waals surface area (Å²) in [4.78, 5) is 4.07. The Hall–Kier alpha value is -2.34. The van der Waals surface area contributed by atoms with Crippen LogP contribution in [0.25, 0.3) is 11.4 Å². The number of para-hydroxylation sites is 1. The van der Waals surface area contributed by atoms with Crippen LogP contribution in [0.5, 0.6) is 5.75 Å². The Balaban J connectivity index is 1.56. The first-order valence-corrected chi connectivity index (χ1v) is 9.51. The third kappa shape index (κ3) is 4.82. The van der Waals surface area contributed by atoms with E-state index in [9.17, 15) is 0 Å². The predicted octanol–water partition coefficient (Wildman–Crippen LogP) is 4.31. The molecule has 0 spiro atoms. The molecule has 0 amide bonds. The van der Waals surface area contributed by atoms with Crippen LogP contribution in [0.3, 0.4) is 0 Å². The van der Waals surface area contributed by atoms with Crippen LogP contribution in [-0.2, 0) is 6.54 Å². The van der Waals surface area contributed by atoms with Crippen LogP contribution in [0.1, 0.15) is 19.8 Å². The third-order valence-corrected chi connectivity index (χ3v) is 4.69. The van der Waals surface area contributed by atoms with E-state index in [-0.39, 0.29) is 0 Å². The highest BCUT2D eigenvalue weighted by atomic mass is 32.2. The summed E-state index contributed by atoms with van der Waals surface area (Å²) in [6, 6.07) is 13.9. The number of pyridine rings is 1. The van der Waals surface area contributed by atoms with Gasteiger partial charge in [-0.25, -0.2) is 0 Å². The number of ether oxygens (including phenoxy) is 1. The summed E-state index contributed by atoms with van der Waals surface area (Å²) in [5.74, 6) is 2.78. The van der Waals surface area contributed by atoms with Crippen molar-refractivity contribution in [3.8, 4) is 17.1 Å². The third-order valence-electron chi connectivity index (χ3n) is 3.63. The van der Waals surface area contributed by atoms with E-state index in [1.54, 1.807) is 24.2 Å². The molecule has 3 aromatic rings. The Kier molecular flexibility index (Phi) is 6.45. The van der Waals surface area contributed by atoms with Gasteiger partial charge < -0.3 is 9.30 Å². The molecular formula is C19H22N4OS. The Morgan fingerprint density at radius 3 is 2.60 bits per heavy atom. The molecule has 0 saturated carbocycles. The van der Waals surface area contributed by atoms with Gasteiger partial charge in [-0.1, -0.05) is 36.9 Å². The van der Waals surface area contributed by atoms with E-state index in [0.29, 0.717) is 6.61 Å². The number of nitrogens with zero attached hydrogens (tertiary/aromatic N) is 4. The van der Waals surface area contributed by atoms with Crippen LogP contribution < -0.4 is 4.74 Å². The lowest BCUT2D eigenvalue weighted by molar-refractivity contribution is 0.318. The molecule has 0 aliphatic carbocycles. The van der Waals surface area contributed by atoms with Crippen LogP contribution in [0.2, 0.25) is 0 Å². The van der Waals surface area contributed by atoms with Crippen LogP contribution in [0.15, 0.2) is 60.0 Å². The summed E-state index contributed by atoms with van der Waals surface area (Å²) in [7, 11) is 0. The molecule has 0 N–H and O–H groups in total. The highest BCUT2D eigenvalue weighted by Crippen LogP contribution is 2.24. The molecule has 6 heteroatoms. The van der Waals surface area contributed by atoms with Crippen molar-refractivity contribution >= 4 is 11.8 Å². The average Bonchev–Trinajstić information content (AvgIpc) is 3.06. The summed E-state index contributed by atoms with van der Waals surface area (Å²) in [5.41, 5.74) is 1.05. The largest absolute Gasteiger partial charge is 0.494 e. The van der Waals surface area contributed by atoms with Crippen molar-refractivity contribution in [2.45, 2.75) is 31.5 Å². The van der Waals surface area contributed by atoms with Crippen LogP contribution in [0.4, 0.5) is 0 Å². The van der Waals surface area contributed by atoms with Gasteiger partial charge in [0, 0.05) is 30.3 Å². The van der Waals surface area contributed by atoms with Crippen LogP contribution in [-0.4, -0.2) is 32.1 Å². The smallest absolute Gasteiger partial charge is 0.191 e. The van der Waals surface area contributed by atoms with E-state index in [2.05, 4.69) is 26.7 Å². The Labute approximate surface area is 152 Å². The molecule has 25 heavy (non-hydrogen) atoms. The highest BCUT2D eigenvalue weighted by Gasteiger charge is 2.13. The summed E-state index contributed by atoms with van der Waals surface area (Å²) in [6.45, 7) is 3.78. The van der Waals surface area contributed by atoms with E-state index >= 15 is 0 Å². The minimum atomic E-state index is 0.705. The summed E-state index contributed by atoms with van der Waals surface area (Å²) < 4.78 is 7.93. The first kappa shape index (κ1) is 17.5. The van der Waals surface area contributed by atoms with E-state index in [1.807, 2.05) is 42.5 Å². The Bertz CT molecular complexity index is 762. The van der Waals surface area contributed by atoms with Gasteiger partial charge in [0.15, 0.2) is 11.0 Å². The summed E-state index contributed by atoms with van der Waals surface area (Å²) in [6.07, 6.45) is 5.58. The van der Waals surface area contributed by atoms with Crippen molar-refractivity contribution in [1.29, 1.82) is 0 Å². The maximum atomic E-state index is 5.73. The number of hydrogen-bond acceptors (Lipinski definition) is 5. The van der Waals surface area contributed by atoms with Gasteiger partial charge in [-0.15, -0.1) is 10.2 Å². The topological polar surface area (TPSA) is 52.8 Å². The zero-order chi connectivity index (χ0) is 17.3. The van der Waals surface area contributed by atoms with Crippen molar-refractivity contribution in [1.82, 2.24) is 19.7 Å². The van der Waals surface area contributed by atoms with Crippen LogP contribution in [0, 0.1) is 0 Å². The molecular weight excluding hydrogens is 332 g/mol. The van der Waals surface area contributed by atoms with Gasteiger partial charge in [-0.05, 0) is 37.1 Å². The molecule has 5 nitrogen and oxygen atoms in total. The molecule has 3 rings (SSSR count). The quantitative estimate of drug-likeness (QED) is 0.423. The number of thioether (sulfide) groups is 1. The number of rotatable bonds is 9. The normalized spacial score (nSPS) is 10.8. The van der Waals surface area contributed by atoms with Crippen molar-refractivity contribution < 1.29 is 4.74 Å². The maximum Gasteiger partial charge on any atom is 0.191 e. The maximum absolute atomic E-state index is 5.73. The van der Waals surface area contributed by atoms with E-state index in [4.69, 9.17) is 4.74 Å². The fraction of sp³-hybridized carbons (Fsp3) is 0.316. The molecule has 0 unspecified atom stereocenters. The molecule has 0 radical (unpaired) electrons. The average molecular weight is 354 g/mol. The molecule has 2 heterocycles. The van der Waals surface area contributed by atoms with Gasteiger partial charge in [0.1, 0.15) is 5.75 Å². The Morgan fingerprint density at radius 1 is 1.04 bits per heavy atom. The zero-order valence-electron chi connectivity index (χ0n) is 14.3. The first-order valence-electron chi connectivity index (χ1n) is 8.52. The number of aromatic nitrogens is 4. The summed E-state index contributed by atoms with van der Waals surface area (Å²) >= 11 is 1.73. The fourth-order valence-corrected chi connectivity index (χ4v) is 3.34. The lowest BCUT2D eigenvalue weighted by Gasteiger charge is -2.09. The standard InChI is InChI=1S/C19H22N4OS/c1-2-13-23-18(16-9-11-20-12-10-16)21-22-19(23)25-15-6-14-24-17-7-4-3-5-8-17/h3-5,7-12H,2,6,13-15H2,1H3. The molecule has 0 fully saturated rings. The van der Waals surface area contributed by atoms with Crippen molar-refractivity contribution in [3.05, 3.63) is 54.9 Å². The molecule has 0 bridgehead atoms. The second kappa shape index (κ2) is 9.22.